The molecule has 1 heterocycles. The van der Waals surface area contributed by atoms with Gasteiger partial charge in [0.1, 0.15) is 0 Å². The fourth-order valence-electron chi connectivity index (χ4n) is 1.63. The summed E-state index contributed by atoms with van der Waals surface area (Å²) in [6.07, 6.45) is 4.66. The average molecular weight is 169 g/mol. The van der Waals surface area contributed by atoms with Crippen LogP contribution in [-0.2, 0) is 4.74 Å². The molecule has 3 heteroatoms. The Bertz CT molecular complexity index is 179. The van der Waals surface area contributed by atoms with Crippen molar-refractivity contribution in [3.63, 3.8) is 0 Å². The Kier molecular flexibility index (Phi) is 3.14. The third kappa shape index (κ3) is 1.78. The van der Waals surface area contributed by atoms with Gasteiger partial charge in [-0.25, -0.2) is 4.79 Å². The second-order valence-electron chi connectivity index (χ2n) is 2.98. The summed E-state index contributed by atoms with van der Waals surface area (Å²) in [6.45, 7) is 4.49. The van der Waals surface area contributed by atoms with Gasteiger partial charge in [0.2, 0.25) is 0 Å². The van der Waals surface area contributed by atoms with Gasteiger partial charge in [0.05, 0.1) is 7.11 Å². The molecule has 0 bridgehead atoms. The van der Waals surface area contributed by atoms with E-state index in [0.29, 0.717) is 6.04 Å². The molecule has 0 saturated carbocycles. The highest BCUT2D eigenvalue weighted by Crippen LogP contribution is 2.20. The predicted octanol–water partition coefficient (Wildman–Crippen LogP) is 1.79. The maximum atomic E-state index is 11.2. The molecule has 0 radical (unpaired) electrons. The van der Waals surface area contributed by atoms with E-state index in [1.807, 2.05) is 6.08 Å². The normalized spacial score (nSPS) is 22.4. The Balaban J connectivity index is 2.50. The van der Waals surface area contributed by atoms with Crippen LogP contribution in [0.4, 0.5) is 4.79 Å². The van der Waals surface area contributed by atoms with Crippen molar-refractivity contribution in [3.05, 3.63) is 12.7 Å². The largest absolute Gasteiger partial charge is 0.453 e. The van der Waals surface area contributed by atoms with Gasteiger partial charge >= 0.3 is 6.09 Å². The maximum Gasteiger partial charge on any atom is 0.409 e. The highest BCUT2D eigenvalue weighted by Gasteiger charge is 2.27. The van der Waals surface area contributed by atoms with E-state index in [2.05, 4.69) is 11.3 Å². The Morgan fingerprint density at radius 3 is 3.17 bits per heavy atom. The lowest BCUT2D eigenvalue weighted by Crippen LogP contribution is -2.34. The van der Waals surface area contributed by atoms with Crippen molar-refractivity contribution >= 4 is 6.09 Å². The molecule has 1 saturated heterocycles. The second-order valence-corrected chi connectivity index (χ2v) is 2.98. The summed E-state index contributed by atoms with van der Waals surface area (Å²) in [6, 6.07) is 0.315. The molecule has 1 rings (SSSR count). The highest BCUT2D eigenvalue weighted by molar-refractivity contribution is 5.68. The van der Waals surface area contributed by atoms with Crippen LogP contribution in [0, 0.1) is 0 Å². The molecule has 68 valence electrons. The third-order valence-electron chi connectivity index (χ3n) is 2.23. The minimum Gasteiger partial charge on any atom is -0.453 e. The van der Waals surface area contributed by atoms with E-state index < -0.39 is 0 Å². The van der Waals surface area contributed by atoms with E-state index in [9.17, 15) is 4.79 Å². The molecule has 0 aromatic heterocycles. The number of likely N-dealkylation sites (tertiary alicyclic amines) is 1. The van der Waals surface area contributed by atoms with Gasteiger partial charge in [-0.3, -0.25) is 0 Å². The van der Waals surface area contributed by atoms with E-state index in [0.717, 1.165) is 25.8 Å². The van der Waals surface area contributed by atoms with Crippen molar-refractivity contribution in [2.24, 2.45) is 0 Å². The lowest BCUT2D eigenvalue weighted by molar-refractivity contribution is 0.119. The predicted molar refractivity (Wildman–Crippen MR) is 46.9 cm³/mol. The molecule has 1 amide bonds. The molecular weight excluding hydrogens is 154 g/mol. The van der Waals surface area contributed by atoms with E-state index in [4.69, 9.17) is 0 Å². The van der Waals surface area contributed by atoms with Gasteiger partial charge in [-0.05, 0) is 19.3 Å². The number of hydrogen-bond donors (Lipinski definition) is 0. The summed E-state index contributed by atoms with van der Waals surface area (Å²) in [5, 5.41) is 0. The van der Waals surface area contributed by atoms with Crippen LogP contribution in [0.3, 0.4) is 0 Å². The standard InChI is InChI=1S/C9H15NO2/c1-3-5-8-6-4-7-10(8)9(11)12-2/h3,8H,1,4-7H2,2H3. The number of amides is 1. The van der Waals surface area contributed by atoms with Crippen LogP contribution in [0.25, 0.3) is 0 Å². The third-order valence-corrected chi connectivity index (χ3v) is 2.23. The minimum atomic E-state index is -0.209. The zero-order valence-corrected chi connectivity index (χ0v) is 7.45. The first-order valence-corrected chi connectivity index (χ1v) is 4.25. The molecule has 1 aliphatic heterocycles. The SMILES string of the molecule is C=CCC1CCCN1C(=O)OC. The van der Waals surface area contributed by atoms with Gasteiger partial charge in [0.15, 0.2) is 0 Å². The minimum absolute atomic E-state index is 0.209. The Labute approximate surface area is 73.0 Å². The number of carbonyl (C=O) groups excluding carboxylic acids is 1. The number of ether oxygens (including phenoxy) is 1. The van der Waals surface area contributed by atoms with Crippen LogP contribution in [-0.4, -0.2) is 30.7 Å². The summed E-state index contributed by atoms with van der Waals surface area (Å²) in [5.74, 6) is 0. The molecule has 3 nitrogen and oxygen atoms in total. The van der Waals surface area contributed by atoms with Crippen LogP contribution >= 0.6 is 0 Å². The quantitative estimate of drug-likeness (QED) is 0.590. The molecule has 1 aliphatic rings. The fraction of sp³-hybridized carbons (Fsp3) is 0.667. The molecule has 1 fully saturated rings. The molecule has 1 atom stereocenters. The number of methoxy groups -OCH3 is 1. The van der Waals surface area contributed by atoms with Crippen molar-refractivity contribution in [1.29, 1.82) is 0 Å². The van der Waals surface area contributed by atoms with Gasteiger partial charge in [-0.2, -0.15) is 0 Å². The van der Waals surface area contributed by atoms with E-state index in [-0.39, 0.29) is 6.09 Å². The molecule has 0 spiro atoms. The number of rotatable bonds is 2. The van der Waals surface area contributed by atoms with Crippen LogP contribution in [0.1, 0.15) is 19.3 Å². The lowest BCUT2D eigenvalue weighted by atomic mass is 10.1. The van der Waals surface area contributed by atoms with E-state index >= 15 is 0 Å². The lowest BCUT2D eigenvalue weighted by Gasteiger charge is -2.21. The summed E-state index contributed by atoms with van der Waals surface area (Å²) in [5.41, 5.74) is 0. The number of carbonyl (C=O) groups is 1. The van der Waals surface area contributed by atoms with Crippen LogP contribution < -0.4 is 0 Å². The molecule has 0 aliphatic carbocycles. The topological polar surface area (TPSA) is 29.5 Å². The summed E-state index contributed by atoms with van der Waals surface area (Å²) in [7, 11) is 1.42. The van der Waals surface area contributed by atoms with Gasteiger partial charge < -0.3 is 9.64 Å². The van der Waals surface area contributed by atoms with Crippen molar-refractivity contribution in [1.82, 2.24) is 4.90 Å². The molecule has 0 aromatic rings. The zero-order chi connectivity index (χ0) is 8.97. The van der Waals surface area contributed by atoms with E-state index in [1.54, 1.807) is 4.90 Å². The van der Waals surface area contributed by atoms with Crippen molar-refractivity contribution in [2.45, 2.75) is 25.3 Å². The first-order valence-electron chi connectivity index (χ1n) is 4.25. The highest BCUT2D eigenvalue weighted by atomic mass is 16.5. The average Bonchev–Trinajstić information content (AvgIpc) is 2.52. The van der Waals surface area contributed by atoms with Crippen molar-refractivity contribution in [3.8, 4) is 0 Å². The van der Waals surface area contributed by atoms with Gasteiger partial charge in [-0.15, -0.1) is 6.58 Å². The van der Waals surface area contributed by atoms with Crippen LogP contribution in [0.15, 0.2) is 12.7 Å². The van der Waals surface area contributed by atoms with Crippen molar-refractivity contribution in [2.75, 3.05) is 13.7 Å². The smallest absolute Gasteiger partial charge is 0.409 e. The molecule has 0 N–H and O–H groups in total. The maximum absolute atomic E-state index is 11.2. The first-order chi connectivity index (χ1) is 5.79. The van der Waals surface area contributed by atoms with Crippen LogP contribution in [0.2, 0.25) is 0 Å². The number of hydrogen-bond acceptors (Lipinski definition) is 2. The zero-order valence-electron chi connectivity index (χ0n) is 7.45. The van der Waals surface area contributed by atoms with E-state index in [1.165, 1.54) is 7.11 Å². The summed E-state index contributed by atoms with van der Waals surface area (Å²) < 4.78 is 4.66. The number of nitrogens with zero attached hydrogens (tertiary/aromatic N) is 1. The summed E-state index contributed by atoms with van der Waals surface area (Å²) >= 11 is 0. The van der Waals surface area contributed by atoms with Gasteiger partial charge in [0, 0.05) is 12.6 Å². The van der Waals surface area contributed by atoms with Crippen LogP contribution in [0.5, 0.6) is 0 Å². The molecule has 12 heavy (non-hydrogen) atoms. The molecule has 0 aromatic carbocycles. The second kappa shape index (κ2) is 4.14. The fourth-order valence-corrected chi connectivity index (χ4v) is 1.63. The monoisotopic (exact) mass is 169 g/mol. The van der Waals surface area contributed by atoms with Crippen molar-refractivity contribution < 1.29 is 9.53 Å². The Morgan fingerprint density at radius 2 is 2.58 bits per heavy atom. The van der Waals surface area contributed by atoms with Gasteiger partial charge in [-0.1, -0.05) is 6.08 Å². The Hall–Kier alpha value is -0.990. The first kappa shape index (κ1) is 9.10. The Morgan fingerprint density at radius 1 is 1.83 bits per heavy atom. The van der Waals surface area contributed by atoms with Gasteiger partial charge in [0.25, 0.3) is 0 Å². The molecule has 1 unspecified atom stereocenters. The summed E-state index contributed by atoms with van der Waals surface area (Å²) in [4.78, 5) is 12.9. The molecular formula is C9H15NO2.